The van der Waals surface area contributed by atoms with E-state index in [1.807, 2.05) is 0 Å². The van der Waals surface area contributed by atoms with Crippen molar-refractivity contribution in [2.75, 3.05) is 14.2 Å². The summed E-state index contributed by atoms with van der Waals surface area (Å²) in [7, 11) is 3.23. The molecular formula is C19H33NO2. The van der Waals surface area contributed by atoms with Crippen molar-refractivity contribution in [2.45, 2.75) is 65.7 Å². The zero-order valence-corrected chi connectivity index (χ0v) is 15.1. The number of carbonyl (C=O) groups is 1. The highest BCUT2D eigenvalue weighted by atomic mass is 16.7. The van der Waals surface area contributed by atoms with Gasteiger partial charge in [0.25, 0.3) is 0 Å². The third-order valence-electron chi connectivity index (χ3n) is 6.59. The van der Waals surface area contributed by atoms with Crippen molar-refractivity contribution in [3.05, 3.63) is 12.2 Å². The van der Waals surface area contributed by atoms with Gasteiger partial charge in [-0.3, -0.25) is 9.63 Å². The second-order valence-electron chi connectivity index (χ2n) is 8.26. The second kappa shape index (κ2) is 6.35. The molecule has 2 aliphatic rings. The van der Waals surface area contributed by atoms with Crippen LogP contribution in [0.4, 0.5) is 0 Å². The number of allylic oxidation sites excluding steroid dienone is 1. The molecule has 0 aromatic carbocycles. The number of hydroxylamine groups is 2. The molecule has 2 rings (SSSR count). The lowest BCUT2D eigenvalue weighted by molar-refractivity contribution is -0.169. The van der Waals surface area contributed by atoms with Crippen molar-refractivity contribution in [1.82, 2.24) is 5.06 Å². The highest BCUT2D eigenvalue weighted by Crippen LogP contribution is 2.61. The van der Waals surface area contributed by atoms with E-state index in [9.17, 15) is 4.79 Å². The van der Waals surface area contributed by atoms with Crippen LogP contribution in [0.1, 0.15) is 65.7 Å². The van der Waals surface area contributed by atoms with Gasteiger partial charge in [0, 0.05) is 13.5 Å². The van der Waals surface area contributed by atoms with Gasteiger partial charge in [-0.25, -0.2) is 5.06 Å². The van der Waals surface area contributed by atoms with Crippen molar-refractivity contribution in [3.8, 4) is 0 Å². The molecule has 0 aliphatic heterocycles. The molecule has 22 heavy (non-hydrogen) atoms. The third-order valence-corrected chi connectivity index (χ3v) is 6.59. The summed E-state index contributed by atoms with van der Waals surface area (Å²) in [5.41, 5.74) is 2.09. The monoisotopic (exact) mass is 307 g/mol. The highest BCUT2D eigenvalue weighted by molar-refractivity contribution is 5.74. The number of rotatable bonds is 4. The van der Waals surface area contributed by atoms with Crippen molar-refractivity contribution in [2.24, 2.45) is 22.7 Å². The first kappa shape index (κ1) is 17.5. The maximum Gasteiger partial charge on any atom is 0.245 e. The Bertz CT molecular complexity index is 443. The summed E-state index contributed by atoms with van der Waals surface area (Å²) in [4.78, 5) is 17.1. The van der Waals surface area contributed by atoms with Crippen molar-refractivity contribution < 1.29 is 9.63 Å². The Balaban J connectivity index is 2.14. The Kier molecular flexibility index (Phi) is 5.06. The van der Waals surface area contributed by atoms with Gasteiger partial charge in [-0.05, 0) is 54.8 Å². The number of carbonyl (C=O) groups excluding carboxylic acids is 1. The molecule has 3 atom stereocenters. The largest absolute Gasteiger partial charge is 0.275 e. The number of amides is 1. The van der Waals surface area contributed by atoms with E-state index in [-0.39, 0.29) is 5.91 Å². The van der Waals surface area contributed by atoms with Crippen LogP contribution in [-0.2, 0) is 9.63 Å². The quantitative estimate of drug-likeness (QED) is 0.562. The Morgan fingerprint density at radius 2 is 2.05 bits per heavy atom. The molecule has 3 nitrogen and oxygen atoms in total. The summed E-state index contributed by atoms with van der Waals surface area (Å²) in [5.74, 6) is 1.29. The Hall–Kier alpha value is -0.830. The molecule has 126 valence electrons. The molecule has 0 unspecified atom stereocenters. The molecule has 0 heterocycles. The van der Waals surface area contributed by atoms with E-state index in [4.69, 9.17) is 4.84 Å². The van der Waals surface area contributed by atoms with Crippen molar-refractivity contribution in [1.29, 1.82) is 0 Å². The lowest BCUT2D eigenvalue weighted by Gasteiger charge is -2.58. The second-order valence-corrected chi connectivity index (χ2v) is 8.26. The lowest BCUT2D eigenvalue weighted by atomic mass is 9.47. The average Bonchev–Trinajstić information content (AvgIpc) is 2.44. The van der Waals surface area contributed by atoms with Crippen LogP contribution in [-0.4, -0.2) is 25.1 Å². The van der Waals surface area contributed by atoms with E-state index in [2.05, 4.69) is 27.4 Å². The minimum Gasteiger partial charge on any atom is -0.275 e. The molecule has 0 spiro atoms. The van der Waals surface area contributed by atoms with Gasteiger partial charge < -0.3 is 0 Å². The molecule has 0 saturated heterocycles. The predicted molar refractivity (Wildman–Crippen MR) is 90.1 cm³/mol. The molecule has 2 fully saturated rings. The van der Waals surface area contributed by atoms with Gasteiger partial charge in [-0.2, -0.15) is 0 Å². The van der Waals surface area contributed by atoms with Crippen LogP contribution in [0.15, 0.2) is 12.2 Å². The summed E-state index contributed by atoms with van der Waals surface area (Å²) in [6, 6.07) is 0. The molecule has 0 radical (unpaired) electrons. The van der Waals surface area contributed by atoms with Gasteiger partial charge >= 0.3 is 0 Å². The van der Waals surface area contributed by atoms with Crippen LogP contribution in [0, 0.1) is 22.7 Å². The maximum absolute atomic E-state index is 12.1. The first-order valence-corrected chi connectivity index (χ1v) is 8.70. The number of hydrogen-bond donors (Lipinski definition) is 0. The zero-order chi connectivity index (χ0) is 16.5. The Morgan fingerprint density at radius 3 is 2.68 bits per heavy atom. The van der Waals surface area contributed by atoms with Crippen LogP contribution in [0.2, 0.25) is 0 Å². The van der Waals surface area contributed by atoms with E-state index in [0.29, 0.717) is 23.2 Å². The fraction of sp³-hybridized carbons (Fsp3) is 0.842. The first-order valence-electron chi connectivity index (χ1n) is 8.70. The van der Waals surface area contributed by atoms with E-state index in [1.165, 1.54) is 36.3 Å². The summed E-state index contributed by atoms with van der Waals surface area (Å²) in [6.07, 6.45) is 7.77. The molecule has 0 bridgehead atoms. The van der Waals surface area contributed by atoms with Gasteiger partial charge in [0.1, 0.15) is 0 Å². The molecule has 3 heteroatoms. The van der Waals surface area contributed by atoms with Gasteiger partial charge in [-0.1, -0.05) is 39.3 Å². The molecule has 0 N–H and O–H groups in total. The van der Waals surface area contributed by atoms with E-state index < -0.39 is 0 Å². The van der Waals surface area contributed by atoms with Crippen LogP contribution in [0.3, 0.4) is 0 Å². The number of nitrogens with zero attached hydrogens (tertiary/aromatic N) is 1. The summed E-state index contributed by atoms with van der Waals surface area (Å²) >= 11 is 0. The standard InChI is InChI=1S/C19H33NO2/c1-14-8-10-16-18(2,3)12-7-13-19(16,4)15(14)9-11-17(21)20(5)22-6/h15-16H,1,7-13H2,2-6H3/t15-,16+,19-/m1/s1. The molecular weight excluding hydrogens is 274 g/mol. The van der Waals surface area contributed by atoms with E-state index >= 15 is 0 Å². The van der Waals surface area contributed by atoms with Gasteiger partial charge in [0.15, 0.2) is 0 Å². The minimum absolute atomic E-state index is 0.0658. The van der Waals surface area contributed by atoms with Gasteiger partial charge in [-0.15, -0.1) is 0 Å². The predicted octanol–water partition coefficient (Wildman–Crippen LogP) is 4.59. The first-order chi connectivity index (χ1) is 10.2. The summed E-state index contributed by atoms with van der Waals surface area (Å²) in [5, 5.41) is 1.34. The fourth-order valence-corrected chi connectivity index (χ4v) is 5.33. The van der Waals surface area contributed by atoms with Crippen LogP contribution in [0.25, 0.3) is 0 Å². The van der Waals surface area contributed by atoms with Crippen molar-refractivity contribution in [3.63, 3.8) is 0 Å². The van der Waals surface area contributed by atoms with Crippen LogP contribution < -0.4 is 0 Å². The smallest absolute Gasteiger partial charge is 0.245 e. The van der Waals surface area contributed by atoms with Crippen LogP contribution >= 0.6 is 0 Å². The van der Waals surface area contributed by atoms with E-state index in [1.54, 1.807) is 14.2 Å². The normalized spacial score (nSPS) is 34.1. The molecule has 2 saturated carbocycles. The minimum atomic E-state index is 0.0658. The summed E-state index contributed by atoms with van der Waals surface area (Å²) in [6.45, 7) is 11.7. The maximum atomic E-state index is 12.1. The SMILES string of the molecule is C=C1CC[C@H]2C(C)(C)CCC[C@]2(C)[C@@H]1CCC(=O)N(C)OC. The highest BCUT2D eigenvalue weighted by Gasteiger charge is 2.52. The number of fused-ring (bicyclic) bond motifs is 1. The fourth-order valence-electron chi connectivity index (χ4n) is 5.33. The molecule has 2 aliphatic carbocycles. The molecule has 0 aromatic heterocycles. The number of hydrogen-bond acceptors (Lipinski definition) is 2. The third kappa shape index (κ3) is 3.10. The van der Waals surface area contributed by atoms with Crippen LogP contribution in [0.5, 0.6) is 0 Å². The van der Waals surface area contributed by atoms with E-state index in [0.717, 1.165) is 18.8 Å². The topological polar surface area (TPSA) is 29.5 Å². The van der Waals surface area contributed by atoms with Gasteiger partial charge in [0.05, 0.1) is 7.11 Å². The Morgan fingerprint density at radius 1 is 1.36 bits per heavy atom. The Labute approximate surface area is 136 Å². The zero-order valence-electron chi connectivity index (χ0n) is 15.1. The van der Waals surface area contributed by atoms with Crippen molar-refractivity contribution >= 4 is 5.91 Å². The molecule has 1 amide bonds. The molecule has 0 aromatic rings. The lowest BCUT2D eigenvalue weighted by Crippen LogP contribution is -2.49. The van der Waals surface area contributed by atoms with Gasteiger partial charge in [0.2, 0.25) is 5.91 Å². The summed E-state index contributed by atoms with van der Waals surface area (Å²) < 4.78 is 0. The average molecular weight is 307 g/mol.